The lowest BCUT2D eigenvalue weighted by Gasteiger charge is -2.20. The molecule has 0 aliphatic carbocycles. The summed E-state index contributed by atoms with van der Waals surface area (Å²) in [7, 11) is -2.43. The number of hydrogen-bond donors (Lipinski definition) is 1. The van der Waals surface area contributed by atoms with Crippen LogP contribution in [0.15, 0.2) is 76.2 Å². The molecular weight excluding hydrogens is 449 g/mol. The molecule has 0 bridgehead atoms. The minimum Gasteiger partial charge on any atom is -0.307 e. The summed E-state index contributed by atoms with van der Waals surface area (Å²) in [6.07, 6.45) is 0.976. The summed E-state index contributed by atoms with van der Waals surface area (Å²) >= 11 is 3.31. The maximum Gasteiger partial charge on any atom is 0.264 e. The summed E-state index contributed by atoms with van der Waals surface area (Å²) in [5, 5.41) is 2.50. The van der Waals surface area contributed by atoms with Crippen molar-refractivity contribution in [3.05, 3.63) is 82.7 Å². The lowest BCUT2D eigenvalue weighted by atomic mass is 10.2. The van der Waals surface area contributed by atoms with Gasteiger partial charge in [-0.1, -0.05) is 22.0 Å². The predicted octanol–water partition coefficient (Wildman–Crippen LogP) is 4.06. The van der Waals surface area contributed by atoms with Gasteiger partial charge in [-0.2, -0.15) is 0 Å². The molecule has 1 aromatic heterocycles. The van der Waals surface area contributed by atoms with E-state index >= 15 is 0 Å². The standard InChI is InChI=1S/C19H15BrFN3O3S/c1-24(16-8-5-14(20)6-9-16)28(26,27)17-4-2-3-13(11-17)19(25)23-18-10-7-15(21)12-22-18/h2-12H,1H3,(H,22,23,25). The Morgan fingerprint density at radius 1 is 1.11 bits per heavy atom. The Morgan fingerprint density at radius 2 is 1.82 bits per heavy atom. The van der Waals surface area contributed by atoms with E-state index in [4.69, 9.17) is 0 Å². The van der Waals surface area contributed by atoms with Crippen LogP contribution in [0.3, 0.4) is 0 Å². The third kappa shape index (κ3) is 4.37. The molecule has 1 heterocycles. The quantitative estimate of drug-likeness (QED) is 0.618. The average Bonchev–Trinajstić information content (AvgIpc) is 2.70. The van der Waals surface area contributed by atoms with E-state index in [1.807, 2.05) is 0 Å². The highest BCUT2D eigenvalue weighted by Crippen LogP contribution is 2.24. The summed E-state index contributed by atoms with van der Waals surface area (Å²) in [6, 6.07) is 14.9. The van der Waals surface area contributed by atoms with Crippen LogP contribution in [0.1, 0.15) is 10.4 Å². The first-order valence-electron chi connectivity index (χ1n) is 8.05. The largest absolute Gasteiger partial charge is 0.307 e. The maximum absolute atomic E-state index is 12.9. The fourth-order valence-corrected chi connectivity index (χ4v) is 3.89. The van der Waals surface area contributed by atoms with Gasteiger partial charge in [0.1, 0.15) is 11.6 Å². The zero-order valence-corrected chi connectivity index (χ0v) is 17.0. The number of aromatic nitrogens is 1. The molecule has 0 radical (unpaired) electrons. The molecule has 2 aromatic carbocycles. The second kappa shape index (κ2) is 8.07. The number of carbonyl (C=O) groups is 1. The van der Waals surface area contributed by atoms with E-state index in [-0.39, 0.29) is 16.3 Å². The third-order valence-corrected chi connectivity index (χ3v) is 6.22. The van der Waals surface area contributed by atoms with Crippen LogP contribution in [0.25, 0.3) is 0 Å². The number of nitrogens with zero attached hydrogens (tertiary/aromatic N) is 2. The molecule has 0 aliphatic rings. The first kappa shape index (κ1) is 20.0. The Kier molecular flexibility index (Phi) is 5.76. The Labute approximate surface area is 170 Å². The molecule has 144 valence electrons. The zero-order chi connectivity index (χ0) is 20.3. The number of amides is 1. The number of sulfonamides is 1. The van der Waals surface area contributed by atoms with Crippen molar-refractivity contribution in [1.29, 1.82) is 0 Å². The number of benzene rings is 2. The maximum atomic E-state index is 12.9. The molecule has 1 amide bonds. The van der Waals surface area contributed by atoms with Gasteiger partial charge in [-0.05, 0) is 54.6 Å². The van der Waals surface area contributed by atoms with E-state index in [2.05, 4.69) is 26.2 Å². The van der Waals surface area contributed by atoms with Crippen molar-refractivity contribution in [3.8, 4) is 0 Å². The van der Waals surface area contributed by atoms with E-state index in [0.717, 1.165) is 21.0 Å². The minimum atomic E-state index is -3.87. The molecule has 0 spiro atoms. The van der Waals surface area contributed by atoms with Gasteiger partial charge in [0.05, 0.1) is 16.8 Å². The van der Waals surface area contributed by atoms with E-state index in [9.17, 15) is 17.6 Å². The monoisotopic (exact) mass is 463 g/mol. The number of nitrogens with one attached hydrogen (secondary N) is 1. The molecule has 0 atom stereocenters. The van der Waals surface area contributed by atoms with Gasteiger partial charge in [0.15, 0.2) is 0 Å². The molecular formula is C19H15BrFN3O3S. The number of halogens is 2. The van der Waals surface area contributed by atoms with E-state index in [1.54, 1.807) is 24.3 Å². The van der Waals surface area contributed by atoms with Crippen molar-refractivity contribution in [2.75, 3.05) is 16.7 Å². The van der Waals surface area contributed by atoms with Gasteiger partial charge >= 0.3 is 0 Å². The molecule has 6 nitrogen and oxygen atoms in total. The number of anilines is 2. The molecule has 3 rings (SSSR count). The highest BCUT2D eigenvalue weighted by Gasteiger charge is 2.22. The Morgan fingerprint density at radius 3 is 2.46 bits per heavy atom. The van der Waals surface area contributed by atoms with Gasteiger partial charge in [0.25, 0.3) is 15.9 Å². The van der Waals surface area contributed by atoms with Crippen molar-refractivity contribution in [3.63, 3.8) is 0 Å². The summed E-state index contributed by atoms with van der Waals surface area (Å²) in [5.74, 6) is -0.920. The van der Waals surface area contributed by atoms with Crippen LogP contribution in [-0.2, 0) is 10.0 Å². The highest BCUT2D eigenvalue weighted by molar-refractivity contribution is 9.10. The fourth-order valence-electron chi connectivity index (χ4n) is 2.38. The second-order valence-corrected chi connectivity index (χ2v) is 8.68. The van der Waals surface area contributed by atoms with Crippen molar-refractivity contribution >= 4 is 43.4 Å². The lowest BCUT2D eigenvalue weighted by molar-refractivity contribution is 0.102. The van der Waals surface area contributed by atoms with Gasteiger partial charge < -0.3 is 5.32 Å². The van der Waals surface area contributed by atoms with Crippen LogP contribution in [0.5, 0.6) is 0 Å². The van der Waals surface area contributed by atoms with Gasteiger partial charge in [-0.3, -0.25) is 9.10 Å². The first-order chi connectivity index (χ1) is 13.3. The van der Waals surface area contributed by atoms with Crippen LogP contribution < -0.4 is 9.62 Å². The molecule has 28 heavy (non-hydrogen) atoms. The third-order valence-electron chi connectivity index (χ3n) is 3.91. The van der Waals surface area contributed by atoms with Crippen LogP contribution >= 0.6 is 15.9 Å². The smallest absolute Gasteiger partial charge is 0.264 e. The molecule has 0 saturated carbocycles. The Bertz CT molecular complexity index is 1100. The van der Waals surface area contributed by atoms with Gasteiger partial charge in [-0.25, -0.2) is 17.8 Å². The van der Waals surface area contributed by atoms with Crippen LogP contribution in [0.2, 0.25) is 0 Å². The predicted molar refractivity (Wildman–Crippen MR) is 108 cm³/mol. The van der Waals surface area contributed by atoms with Crippen molar-refractivity contribution in [2.45, 2.75) is 4.90 Å². The van der Waals surface area contributed by atoms with Crippen LogP contribution in [0.4, 0.5) is 15.9 Å². The SMILES string of the molecule is CN(c1ccc(Br)cc1)S(=O)(=O)c1cccc(C(=O)Nc2ccc(F)cn2)c1. The first-order valence-corrected chi connectivity index (χ1v) is 10.3. The molecule has 3 aromatic rings. The molecule has 1 N–H and O–H groups in total. The van der Waals surface area contributed by atoms with Crippen LogP contribution in [-0.4, -0.2) is 26.4 Å². The molecule has 0 unspecified atom stereocenters. The molecule has 9 heteroatoms. The van der Waals surface area contributed by atoms with Crippen molar-refractivity contribution in [1.82, 2.24) is 4.98 Å². The number of pyridine rings is 1. The lowest BCUT2D eigenvalue weighted by Crippen LogP contribution is -2.26. The van der Waals surface area contributed by atoms with Crippen molar-refractivity contribution < 1.29 is 17.6 Å². The Balaban J connectivity index is 1.86. The summed E-state index contributed by atoms with van der Waals surface area (Å²) in [4.78, 5) is 16.1. The molecule has 0 fully saturated rings. The molecule has 0 aliphatic heterocycles. The summed E-state index contributed by atoms with van der Waals surface area (Å²) in [5.41, 5.74) is 0.616. The van der Waals surface area contributed by atoms with Gasteiger partial charge in [-0.15, -0.1) is 0 Å². The second-order valence-electron chi connectivity index (χ2n) is 5.79. The van der Waals surface area contributed by atoms with Crippen LogP contribution in [0, 0.1) is 5.82 Å². The number of rotatable bonds is 5. The van der Waals surface area contributed by atoms with E-state index < -0.39 is 21.7 Å². The van der Waals surface area contributed by atoms with E-state index in [1.165, 1.54) is 37.4 Å². The summed E-state index contributed by atoms with van der Waals surface area (Å²) in [6.45, 7) is 0. The summed E-state index contributed by atoms with van der Waals surface area (Å²) < 4.78 is 40.7. The average molecular weight is 464 g/mol. The molecule has 0 saturated heterocycles. The Hall–Kier alpha value is -2.78. The zero-order valence-electron chi connectivity index (χ0n) is 14.6. The topological polar surface area (TPSA) is 79.4 Å². The van der Waals surface area contributed by atoms with Gasteiger partial charge in [0.2, 0.25) is 0 Å². The minimum absolute atomic E-state index is 0.0300. The van der Waals surface area contributed by atoms with Crippen molar-refractivity contribution in [2.24, 2.45) is 0 Å². The number of hydrogen-bond acceptors (Lipinski definition) is 4. The normalized spacial score (nSPS) is 11.1. The number of carbonyl (C=O) groups excluding carboxylic acids is 1. The van der Waals surface area contributed by atoms with E-state index in [0.29, 0.717) is 5.69 Å². The van der Waals surface area contributed by atoms with Gasteiger partial charge in [0, 0.05) is 17.1 Å². The highest BCUT2D eigenvalue weighted by atomic mass is 79.9. The fraction of sp³-hybridized carbons (Fsp3) is 0.0526.